The van der Waals surface area contributed by atoms with Crippen LogP contribution in [0.25, 0.3) is 0 Å². The minimum absolute atomic E-state index is 0.0779. The Morgan fingerprint density at radius 3 is 2.15 bits per heavy atom. The van der Waals surface area contributed by atoms with Crippen LogP contribution in [0.2, 0.25) is 0 Å². The van der Waals surface area contributed by atoms with Crippen molar-refractivity contribution in [3.8, 4) is 23.0 Å². The molecular weight excluding hydrogens is 520 g/mol. The molecule has 10 atom stereocenters. The molecule has 3 saturated heterocycles. The van der Waals surface area contributed by atoms with E-state index >= 15 is 0 Å². The third kappa shape index (κ3) is 3.96. The Balaban J connectivity index is 1.25. The van der Waals surface area contributed by atoms with Gasteiger partial charge in [-0.3, -0.25) is 0 Å². The maximum atomic E-state index is 12.1. The zero-order valence-corrected chi connectivity index (χ0v) is 20.5. The monoisotopic (exact) mass is 548 g/mol. The van der Waals surface area contributed by atoms with E-state index in [1.54, 1.807) is 36.4 Å². The first-order chi connectivity index (χ1) is 18.9. The molecule has 5 heterocycles. The van der Waals surface area contributed by atoms with Crippen LogP contribution in [-0.4, -0.2) is 94.9 Å². The van der Waals surface area contributed by atoms with Gasteiger partial charge < -0.3 is 63.4 Å². The summed E-state index contributed by atoms with van der Waals surface area (Å²) in [5, 5.41) is 52.8. The fraction of sp³-hybridized carbons (Fsp3) is 0.538. The molecule has 39 heavy (non-hydrogen) atoms. The zero-order valence-electron chi connectivity index (χ0n) is 20.5. The predicted octanol–water partition coefficient (Wildman–Crippen LogP) is -0.523. The molecule has 210 valence electrons. The van der Waals surface area contributed by atoms with Crippen molar-refractivity contribution in [2.24, 2.45) is 5.92 Å². The summed E-state index contributed by atoms with van der Waals surface area (Å²) in [6.07, 6.45) is -10.3. The smallest absolute Gasteiger partial charge is 0.231 e. The lowest BCUT2D eigenvalue weighted by atomic mass is 9.80. The molecule has 5 N–H and O–H groups in total. The van der Waals surface area contributed by atoms with Crippen molar-refractivity contribution in [2.75, 3.05) is 26.8 Å². The third-order valence-corrected chi connectivity index (χ3v) is 7.97. The molecule has 10 unspecified atom stereocenters. The Bertz CT molecular complexity index is 1240. The highest BCUT2D eigenvalue weighted by molar-refractivity contribution is 5.47. The number of aliphatic hydroxyl groups is 5. The molecule has 5 aliphatic heterocycles. The molecule has 2 aromatic rings. The molecule has 0 spiro atoms. The summed E-state index contributed by atoms with van der Waals surface area (Å²) in [6, 6.07) is 10.5. The van der Waals surface area contributed by atoms with Crippen LogP contribution in [0.3, 0.4) is 0 Å². The van der Waals surface area contributed by atoms with Gasteiger partial charge in [-0.05, 0) is 35.4 Å². The number of aliphatic hydroxyl groups excluding tert-OH is 4. The van der Waals surface area contributed by atoms with Gasteiger partial charge in [-0.2, -0.15) is 0 Å². The van der Waals surface area contributed by atoms with Crippen LogP contribution in [0.5, 0.6) is 23.0 Å². The van der Waals surface area contributed by atoms with Crippen LogP contribution in [0, 0.1) is 5.92 Å². The van der Waals surface area contributed by atoms with E-state index in [2.05, 4.69) is 0 Å². The quantitative estimate of drug-likeness (QED) is 0.323. The number of rotatable bonds is 5. The molecule has 13 nitrogen and oxygen atoms in total. The van der Waals surface area contributed by atoms with Crippen LogP contribution in [0.1, 0.15) is 23.3 Å². The van der Waals surface area contributed by atoms with E-state index in [-0.39, 0.29) is 20.2 Å². The van der Waals surface area contributed by atoms with Crippen molar-refractivity contribution in [2.45, 2.75) is 54.8 Å². The van der Waals surface area contributed by atoms with Crippen LogP contribution in [0.4, 0.5) is 0 Å². The van der Waals surface area contributed by atoms with Gasteiger partial charge in [-0.25, -0.2) is 0 Å². The highest BCUT2D eigenvalue weighted by Gasteiger charge is 2.65. The van der Waals surface area contributed by atoms with Crippen molar-refractivity contribution in [1.82, 2.24) is 0 Å². The molecule has 3 fully saturated rings. The van der Waals surface area contributed by atoms with Gasteiger partial charge in [-0.1, -0.05) is 12.1 Å². The molecule has 0 radical (unpaired) electrons. The highest BCUT2D eigenvalue weighted by Crippen LogP contribution is 2.57. The van der Waals surface area contributed by atoms with Gasteiger partial charge in [0.2, 0.25) is 13.6 Å². The van der Waals surface area contributed by atoms with Gasteiger partial charge in [0, 0.05) is 0 Å². The van der Waals surface area contributed by atoms with Gasteiger partial charge in [0.15, 0.2) is 35.6 Å². The van der Waals surface area contributed by atoms with Crippen molar-refractivity contribution in [1.29, 1.82) is 0 Å². The molecule has 2 aromatic carbocycles. The molecule has 7 rings (SSSR count). The lowest BCUT2D eigenvalue weighted by Crippen LogP contribution is -2.60. The second-order valence-electron chi connectivity index (χ2n) is 10.2. The lowest BCUT2D eigenvalue weighted by molar-refractivity contribution is -0.320. The van der Waals surface area contributed by atoms with E-state index in [0.29, 0.717) is 34.1 Å². The molecule has 0 aliphatic carbocycles. The molecule has 0 aromatic heterocycles. The van der Waals surface area contributed by atoms with Crippen LogP contribution in [-0.2, 0) is 18.9 Å². The molecule has 0 amide bonds. The molecule has 0 bridgehead atoms. The summed E-state index contributed by atoms with van der Waals surface area (Å²) < 4.78 is 45.8. The summed E-state index contributed by atoms with van der Waals surface area (Å²) in [5.74, 6) is 1.35. The van der Waals surface area contributed by atoms with Gasteiger partial charge >= 0.3 is 0 Å². The summed E-state index contributed by atoms with van der Waals surface area (Å²) in [6.45, 7) is -0.547. The molecular formula is C26H28O13. The Morgan fingerprint density at radius 2 is 1.46 bits per heavy atom. The maximum absolute atomic E-state index is 12.1. The summed E-state index contributed by atoms with van der Waals surface area (Å²) in [7, 11) is 0. The van der Waals surface area contributed by atoms with Crippen LogP contribution >= 0.6 is 0 Å². The minimum atomic E-state index is -1.71. The summed E-state index contributed by atoms with van der Waals surface area (Å²) >= 11 is 0. The Labute approximate surface area is 221 Å². The summed E-state index contributed by atoms with van der Waals surface area (Å²) in [4.78, 5) is 0. The van der Waals surface area contributed by atoms with Gasteiger partial charge in [0.25, 0.3) is 0 Å². The average molecular weight is 548 g/mol. The minimum Gasteiger partial charge on any atom is -0.454 e. The van der Waals surface area contributed by atoms with E-state index in [4.69, 9.17) is 37.9 Å². The molecule has 5 aliphatic rings. The van der Waals surface area contributed by atoms with Crippen molar-refractivity contribution in [3.05, 3.63) is 47.5 Å². The average Bonchev–Trinajstić information content (AvgIpc) is 3.71. The normalized spacial score (nSPS) is 40.2. The Hall–Kier alpha value is -2.72. The third-order valence-electron chi connectivity index (χ3n) is 7.97. The topological polar surface area (TPSA) is 175 Å². The van der Waals surface area contributed by atoms with Gasteiger partial charge in [-0.15, -0.1) is 0 Å². The first kappa shape index (κ1) is 25.3. The standard InChI is InChI=1S/C26H28O13/c27-7-17-22(19(28)20(29)24(30)37-17)38-25-18-21(11-1-3-13-15(5-11)35-9-33-13)32-8-26(18,31)23(39-25)12-2-4-14-16(6-12)36-10-34-14/h1-6,17-25,27-31H,7-10H2. The van der Waals surface area contributed by atoms with E-state index in [9.17, 15) is 25.5 Å². The van der Waals surface area contributed by atoms with Crippen molar-refractivity contribution >= 4 is 0 Å². The lowest BCUT2D eigenvalue weighted by Gasteiger charge is -2.41. The highest BCUT2D eigenvalue weighted by atomic mass is 16.7. The van der Waals surface area contributed by atoms with Gasteiger partial charge in [0.1, 0.15) is 36.1 Å². The first-order valence-electron chi connectivity index (χ1n) is 12.6. The second-order valence-corrected chi connectivity index (χ2v) is 10.2. The molecule has 0 saturated carbocycles. The van der Waals surface area contributed by atoms with E-state index < -0.39 is 67.3 Å². The number of fused-ring (bicyclic) bond motifs is 3. The van der Waals surface area contributed by atoms with Crippen LogP contribution < -0.4 is 18.9 Å². The van der Waals surface area contributed by atoms with Crippen molar-refractivity contribution < 1.29 is 63.4 Å². The first-order valence-corrected chi connectivity index (χ1v) is 12.6. The number of hydrogen-bond donors (Lipinski definition) is 5. The van der Waals surface area contributed by atoms with E-state index in [0.717, 1.165) is 0 Å². The number of ether oxygens (including phenoxy) is 8. The predicted molar refractivity (Wildman–Crippen MR) is 125 cm³/mol. The van der Waals surface area contributed by atoms with Gasteiger partial charge in [0.05, 0.1) is 25.2 Å². The SMILES string of the molecule is OCC1OC(O)C(O)C(O)C1OC1OC(c2ccc3c(c2)OCO3)C2(O)COC(c3ccc4c(c3)OCO4)C12. The largest absolute Gasteiger partial charge is 0.454 e. The fourth-order valence-electron chi connectivity index (χ4n) is 5.99. The Morgan fingerprint density at radius 1 is 0.821 bits per heavy atom. The van der Waals surface area contributed by atoms with Crippen LogP contribution in [0.15, 0.2) is 36.4 Å². The van der Waals surface area contributed by atoms with E-state index in [1.807, 2.05) is 0 Å². The Kier molecular flexibility index (Phi) is 6.11. The number of benzene rings is 2. The van der Waals surface area contributed by atoms with E-state index in [1.165, 1.54) is 0 Å². The second kappa shape index (κ2) is 9.44. The number of hydrogen-bond acceptors (Lipinski definition) is 13. The maximum Gasteiger partial charge on any atom is 0.231 e. The summed E-state index contributed by atoms with van der Waals surface area (Å²) in [5.41, 5.74) is -0.326. The van der Waals surface area contributed by atoms with Crippen molar-refractivity contribution in [3.63, 3.8) is 0 Å². The molecule has 13 heteroatoms. The fourth-order valence-corrected chi connectivity index (χ4v) is 5.99. The zero-order chi connectivity index (χ0) is 26.9.